The number of alkyl halides is 3. The number of hydrogen-bond donors (Lipinski definition) is 3. The van der Waals surface area contributed by atoms with Gasteiger partial charge < -0.3 is 15.4 Å². The van der Waals surface area contributed by atoms with E-state index in [0.717, 1.165) is 12.1 Å². The SMILES string of the molecule is NC1N=CC=C(Oc2ccc3c(C(=O)Nc4cccc(C(F)(F)F)c4)cccc3n2)N1. The molecule has 10 heteroatoms. The first-order chi connectivity index (χ1) is 14.8. The summed E-state index contributed by atoms with van der Waals surface area (Å²) in [5.41, 5.74) is 5.59. The number of nitrogens with two attached hydrogens (primary N) is 1. The van der Waals surface area contributed by atoms with E-state index < -0.39 is 23.9 Å². The molecule has 0 saturated heterocycles. The Morgan fingerprint density at radius 3 is 2.71 bits per heavy atom. The van der Waals surface area contributed by atoms with Gasteiger partial charge in [0.15, 0.2) is 12.2 Å². The standard InChI is InChI=1S/C21H16F3N5O2/c22-21(23,24)12-3-1-4-13(11-12)27-19(30)15-5-2-6-16-14(15)7-8-17(28-16)31-18-9-10-26-20(25)29-18/h1-11,20,29H,25H2,(H,27,30). The highest BCUT2D eigenvalue weighted by Gasteiger charge is 2.30. The fourth-order valence-electron chi connectivity index (χ4n) is 2.97. The number of pyridine rings is 1. The lowest BCUT2D eigenvalue weighted by molar-refractivity contribution is -0.137. The minimum absolute atomic E-state index is 0.0399. The summed E-state index contributed by atoms with van der Waals surface area (Å²) in [7, 11) is 0. The van der Waals surface area contributed by atoms with Crippen molar-refractivity contribution < 1.29 is 22.7 Å². The van der Waals surface area contributed by atoms with Crippen LogP contribution in [-0.4, -0.2) is 23.4 Å². The van der Waals surface area contributed by atoms with Crippen molar-refractivity contribution in [1.82, 2.24) is 10.3 Å². The van der Waals surface area contributed by atoms with Crippen LogP contribution >= 0.6 is 0 Å². The number of amides is 1. The van der Waals surface area contributed by atoms with Gasteiger partial charge in [-0.2, -0.15) is 13.2 Å². The van der Waals surface area contributed by atoms with Gasteiger partial charge in [0.1, 0.15) is 0 Å². The van der Waals surface area contributed by atoms with Gasteiger partial charge in [-0.05, 0) is 36.4 Å². The van der Waals surface area contributed by atoms with E-state index in [9.17, 15) is 18.0 Å². The number of aliphatic imine (C=N–C) groups is 1. The van der Waals surface area contributed by atoms with Crippen molar-refractivity contribution in [2.75, 3.05) is 5.32 Å². The number of benzene rings is 2. The lowest BCUT2D eigenvalue weighted by Gasteiger charge is -2.17. The number of hydrogen-bond acceptors (Lipinski definition) is 6. The molecular formula is C21H16F3N5O2. The molecule has 1 atom stereocenters. The van der Waals surface area contributed by atoms with Crippen LogP contribution < -0.4 is 21.1 Å². The largest absolute Gasteiger partial charge is 0.423 e. The first-order valence-corrected chi connectivity index (χ1v) is 9.11. The van der Waals surface area contributed by atoms with Crippen LogP contribution in [0.2, 0.25) is 0 Å². The van der Waals surface area contributed by atoms with Gasteiger partial charge >= 0.3 is 6.18 Å². The topological polar surface area (TPSA) is 102 Å². The van der Waals surface area contributed by atoms with Crippen LogP contribution in [0.1, 0.15) is 15.9 Å². The van der Waals surface area contributed by atoms with E-state index in [1.807, 2.05) is 0 Å². The summed E-state index contributed by atoms with van der Waals surface area (Å²) in [5.74, 6) is 0.0798. The monoisotopic (exact) mass is 427 g/mol. The summed E-state index contributed by atoms with van der Waals surface area (Å²) in [6.07, 6.45) is -2.02. The van der Waals surface area contributed by atoms with Gasteiger partial charge in [0.2, 0.25) is 5.88 Å². The number of fused-ring (bicyclic) bond motifs is 1. The van der Waals surface area contributed by atoms with Crippen molar-refractivity contribution in [3.63, 3.8) is 0 Å². The number of carbonyl (C=O) groups excluding carboxylic acids is 1. The lowest BCUT2D eigenvalue weighted by Crippen LogP contribution is -2.38. The van der Waals surface area contributed by atoms with Crippen LogP contribution in [0.4, 0.5) is 18.9 Å². The van der Waals surface area contributed by atoms with Crippen molar-refractivity contribution >= 4 is 28.7 Å². The Bertz CT molecular complexity index is 1210. The van der Waals surface area contributed by atoms with Gasteiger partial charge in [-0.15, -0.1) is 0 Å². The zero-order chi connectivity index (χ0) is 22.0. The molecule has 0 spiro atoms. The van der Waals surface area contributed by atoms with Gasteiger partial charge in [-0.25, -0.2) is 4.98 Å². The van der Waals surface area contributed by atoms with E-state index >= 15 is 0 Å². The third kappa shape index (κ3) is 4.64. The summed E-state index contributed by atoms with van der Waals surface area (Å²) in [4.78, 5) is 21.0. The van der Waals surface area contributed by atoms with Crippen molar-refractivity contribution in [1.29, 1.82) is 0 Å². The molecule has 4 N–H and O–H groups in total. The summed E-state index contributed by atoms with van der Waals surface area (Å²) >= 11 is 0. The molecule has 1 unspecified atom stereocenters. The van der Waals surface area contributed by atoms with E-state index in [4.69, 9.17) is 10.5 Å². The van der Waals surface area contributed by atoms with E-state index in [-0.39, 0.29) is 17.1 Å². The molecule has 4 rings (SSSR count). The van der Waals surface area contributed by atoms with Gasteiger partial charge in [0, 0.05) is 35.0 Å². The number of ether oxygens (including phenoxy) is 1. The molecule has 158 valence electrons. The van der Waals surface area contributed by atoms with E-state index in [2.05, 4.69) is 20.6 Å². The van der Waals surface area contributed by atoms with E-state index in [1.54, 1.807) is 36.4 Å². The molecule has 0 saturated carbocycles. The molecule has 1 aromatic heterocycles. The minimum atomic E-state index is -4.50. The Morgan fingerprint density at radius 1 is 1.13 bits per heavy atom. The summed E-state index contributed by atoms with van der Waals surface area (Å²) < 4.78 is 44.4. The molecule has 0 fully saturated rings. The first-order valence-electron chi connectivity index (χ1n) is 9.11. The first kappa shape index (κ1) is 20.4. The van der Waals surface area contributed by atoms with E-state index in [1.165, 1.54) is 18.3 Å². The number of halogens is 3. The summed E-state index contributed by atoms with van der Waals surface area (Å²) in [6, 6.07) is 12.5. The van der Waals surface area contributed by atoms with Gasteiger partial charge in [0.25, 0.3) is 5.91 Å². The maximum absolute atomic E-state index is 12.9. The number of nitrogens with one attached hydrogen (secondary N) is 2. The molecule has 0 radical (unpaired) electrons. The third-order valence-electron chi connectivity index (χ3n) is 4.38. The molecule has 31 heavy (non-hydrogen) atoms. The smallest absolute Gasteiger partial charge is 0.416 e. The number of nitrogens with zero attached hydrogens (tertiary/aromatic N) is 2. The number of anilines is 1. The Morgan fingerprint density at radius 2 is 1.94 bits per heavy atom. The highest BCUT2D eigenvalue weighted by Crippen LogP contribution is 2.31. The normalized spacial score (nSPS) is 15.9. The predicted molar refractivity (Wildman–Crippen MR) is 109 cm³/mol. The Labute approximate surface area is 174 Å². The molecule has 1 aliphatic rings. The minimum Gasteiger partial charge on any atom is -0.423 e. The molecule has 2 aromatic carbocycles. The highest BCUT2D eigenvalue weighted by atomic mass is 19.4. The fourth-order valence-corrected chi connectivity index (χ4v) is 2.97. The Kier molecular flexibility index (Phi) is 5.30. The molecule has 7 nitrogen and oxygen atoms in total. The second kappa shape index (κ2) is 8.07. The van der Waals surface area contributed by atoms with Gasteiger partial charge in [-0.3, -0.25) is 15.5 Å². The number of rotatable bonds is 4. The third-order valence-corrected chi connectivity index (χ3v) is 4.38. The van der Waals surface area contributed by atoms with Crippen molar-refractivity contribution in [3.8, 4) is 5.88 Å². The second-order valence-electron chi connectivity index (χ2n) is 6.57. The fraction of sp³-hybridized carbons (Fsp3) is 0.0952. The average molecular weight is 427 g/mol. The molecule has 3 aromatic rings. The van der Waals surface area contributed by atoms with Crippen molar-refractivity contribution in [2.24, 2.45) is 10.7 Å². The maximum Gasteiger partial charge on any atom is 0.416 e. The molecule has 0 bridgehead atoms. The van der Waals surface area contributed by atoms with Gasteiger partial charge in [0.05, 0.1) is 11.1 Å². The van der Waals surface area contributed by atoms with Crippen molar-refractivity contribution in [2.45, 2.75) is 12.5 Å². The van der Waals surface area contributed by atoms with Crippen LogP contribution in [0.15, 0.2) is 71.5 Å². The van der Waals surface area contributed by atoms with Crippen LogP contribution in [0.3, 0.4) is 0 Å². The van der Waals surface area contributed by atoms with Crippen LogP contribution in [0.5, 0.6) is 5.88 Å². The summed E-state index contributed by atoms with van der Waals surface area (Å²) in [5, 5.41) is 5.84. The Hall–Kier alpha value is -3.92. The van der Waals surface area contributed by atoms with Crippen LogP contribution in [0.25, 0.3) is 10.9 Å². The molecule has 0 aliphatic carbocycles. The number of carbonyl (C=O) groups is 1. The second-order valence-corrected chi connectivity index (χ2v) is 6.57. The Balaban J connectivity index is 1.57. The van der Waals surface area contributed by atoms with E-state index in [0.29, 0.717) is 16.8 Å². The quantitative estimate of drug-likeness (QED) is 0.590. The van der Waals surface area contributed by atoms with Crippen LogP contribution in [0, 0.1) is 0 Å². The lowest BCUT2D eigenvalue weighted by atomic mass is 10.1. The maximum atomic E-state index is 12.9. The molecular weight excluding hydrogens is 411 g/mol. The zero-order valence-corrected chi connectivity index (χ0v) is 15.9. The molecule has 1 aliphatic heterocycles. The van der Waals surface area contributed by atoms with Crippen LogP contribution in [-0.2, 0) is 6.18 Å². The van der Waals surface area contributed by atoms with Gasteiger partial charge in [-0.1, -0.05) is 12.1 Å². The number of allylic oxidation sites excluding steroid dienone is 1. The highest BCUT2D eigenvalue weighted by molar-refractivity contribution is 6.12. The predicted octanol–water partition coefficient (Wildman–Crippen LogP) is 3.64. The zero-order valence-electron chi connectivity index (χ0n) is 15.9. The van der Waals surface area contributed by atoms with Crippen molar-refractivity contribution in [3.05, 3.63) is 77.7 Å². The number of aromatic nitrogens is 1. The molecule has 1 amide bonds. The molecule has 2 heterocycles. The average Bonchev–Trinajstić information content (AvgIpc) is 2.73. The summed E-state index contributed by atoms with van der Waals surface area (Å²) in [6.45, 7) is 0.